The van der Waals surface area contributed by atoms with E-state index in [1.165, 1.54) is 19.3 Å². The number of benzene rings is 1. The number of aryl methyl sites for hydroxylation is 1. The van der Waals surface area contributed by atoms with Gasteiger partial charge in [0.25, 0.3) is 0 Å². The van der Waals surface area contributed by atoms with E-state index in [0.29, 0.717) is 30.0 Å². The Morgan fingerprint density at radius 1 is 1.28 bits per heavy atom. The number of halogens is 1. The van der Waals surface area contributed by atoms with Gasteiger partial charge in [-0.15, -0.1) is 0 Å². The number of ether oxygens (including phenoxy) is 1. The number of hydrogen-bond acceptors (Lipinski definition) is 6. The van der Waals surface area contributed by atoms with Crippen molar-refractivity contribution in [3.8, 4) is 22.6 Å². The molecule has 1 saturated heterocycles. The molecule has 5 rings (SSSR count). The van der Waals surface area contributed by atoms with Gasteiger partial charge in [0, 0.05) is 35.5 Å². The van der Waals surface area contributed by atoms with Crippen LogP contribution in [0, 0.1) is 5.82 Å². The first-order valence-corrected chi connectivity index (χ1v) is 10.5. The topological polar surface area (TPSA) is 97.6 Å². The zero-order valence-electron chi connectivity index (χ0n) is 17.4. The zero-order chi connectivity index (χ0) is 22.2. The molecule has 1 aliphatic heterocycles. The third-order valence-corrected chi connectivity index (χ3v) is 5.79. The first-order valence-electron chi connectivity index (χ1n) is 10.5. The maximum absolute atomic E-state index is 14.3. The van der Waals surface area contributed by atoms with Gasteiger partial charge in [-0.05, 0) is 49.1 Å². The lowest BCUT2D eigenvalue weighted by Gasteiger charge is -2.15. The van der Waals surface area contributed by atoms with Gasteiger partial charge >= 0.3 is 6.09 Å². The van der Waals surface area contributed by atoms with Crippen LogP contribution in [0.2, 0.25) is 0 Å². The monoisotopic (exact) mass is 436 g/mol. The van der Waals surface area contributed by atoms with Crippen LogP contribution in [0.4, 0.5) is 14.9 Å². The van der Waals surface area contributed by atoms with E-state index in [-0.39, 0.29) is 12.5 Å². The number of carbonyl (C=O) groups excluding carboxylic acids is 2. The fourth-order valence-corrected chi connectivity index (χ4v) is 4.26. The number of fused-ring (bicyclic) bond motifs is 3. The summed E-state index contributed by atoms with van der Waals surface area (Å²) in [4.78, 5) is 28.9. The fraction of sp³-hybridized carbons (Fsp3) is 0.304. The van der Waals surface area contributed by atoms with Gasteiger partial charge < -0.3 is 14.6 Å². The van der Waals surface area contributed by atoms with Crippen LogP contribution in [0.15, 0.2) is 41.2 Å². The Hall–Kier alpha value is -3.75. The van der Waals surface area contributed by atoms with E-state index in [1.807, 2.05) is 18.2 Å². The van der Waals surface area contributed by atoms with Crippen molar-refractivity contribution in [3.05, 3.63) is 53.6 Å². The second-order valence-electron chi connectivity index (χ2n) is 7.94. The predicted molar refractivity (Wildman–Crippen MR) is 113 cm³/mol. The molecule has 164 valence electrons. The van der Waals surface area contributed by atoms with E-state index in [1.54, 1.807) is 11.0 Å². The van der Waals surface area contributed by atoms with Crippen molar-refractivity contribution in [2.75, 3.05) is 18.0 Å². The lowest BCUT2D eigenvalue weighted by Crippen LogP contribution is -2.33. The molecule has 1 fully saturated rings. The summed E-state index contributed by atoms with van der Waals surface area (Å²) in [7, 11) is 0. The van der Waals surface area contributed by atoms with E-state index in [2.05, 4.69) is 15.5 Å². The number of aromatic nitrogens is 2. The van der Waals surface area contributed by atoms with Crippen molar-refractivity contribution in [1.29, 1.82) is 0 Å². The quantitative estimate of drug-likeness (QED) is 0.672. The lowest BCUT2D eigenvalue weighted by molar-refractivity contribution is -0.119. The fourth-order valence-electron chi connectivity index (χ4n) is 4.26. The molecule has 3 heterocycles. The van der Waals surface area contributed by atoms with E-state index < -0.39 is 18.0 Å². The highest BCUT2D eigenvalue weighted by atomic mass is 19.1. The van der Waals surface area contributed by atoms with Crippen molar-refractivity contribution < 1.29 is 23.2 Å². The minimum Gasteiger partial charge on any atom is -0.442 e. The molecule has 0 bridgehead atoms. The highest BCUT2D eigenvalue weighted by molar-refractivity contribution is 5.90. The summed E-state index contributed by atoms with van der Waals surface area (Å²) in [6.07, 6.45) is 4.18. The summed E-state index contributed by atoms with van der Waals surface area (Å²) >= 11 is 0. The average Bonchev–Trinajstić information content (AvgIpc) is 3.31. The molecule has 2 aromatic heterocycles. The van der Waals surface area contributed by atoms with Crippen LogP contribution in [-0.2, 0) is 22.4 Å². The summed E-state index contributed by atoms with van der Waals surface area (Å²) in [6.45, 7) is 2.06. The normalized spacial score (nSPS) is 17.4. The first-order chi connectivity index (χ1) is 15.5. The van der Waals surface area contributed by atoms with Crippen molar-refractivity contribution in [2.24, 2.45) is 0 Å². The molecule has 8 nitrogen and oxygen atoms in total. The summed E-state index contributed by atoms with van der Waals surface area (Å²) in [6, 6.07) is 7.30. The van der Waals surface area contributed by atoms with Gasteiger partial charge in [-0.1, -0.05) is 5.16 Å². The van der Waals surface area contributed by atoms with Crippen molar-refractivity contribution in [2.45, 2.75) is 32.3 Å². The van der Waals surface area contributed by atoms with Gasteiger partial charge in [-0.2, -0.15) is 0 Å². The van der Waals surface area contributed by atoms with Crippen LogP contribution < -0.4 is 10.2 Å². The Bertz CT molecular complexity index is 1210. The number of rotatable bonds is 4. The molecule has 9 heteroatoms. The van der Waals surface area contributed by atoms with Gasteiger partial charge in [-0.25, -0.2) is 9.18 Å². The third-order valence-electron chi connectivity index (χ3n) is 5.79. The number of anilines is 1. The minimum atomic E-state index is -0.440. The molecule has 0 saturated carbocycles. The Labute approximate surface area is 183 Å². The number of amides is 2. The van der Waals surface area contributed by atoms with Crippen molar-refractivity contribution in [1.82, 2.24) is 15.5 Å². The molecule has 1 N–H and O–H groups in total. The van der Waals surface area contributed by atoms with Crippen LogP contribution in [0.25, 0.3) is 22.6 Å². The van der Waals surface area contributed by atoms with Gasteiger partial charge in [0.15, 0.2) is 11.6 Å². The number of pyridine rings is 1. The zero-order valence-corrected chi connectivity index (χ0v) is 17.4. The van der Waals surface area contributed by atoms with Crippen LogP contribution >= 0.6 is 0 Å². The molecule has 1 unspecified atom stereocenters. The van der Waals surface area contributed by atoms with E-state index >= 15 is 0 Å². The SMILES string of the molecule is CC(=O)NCC1CN(c2ccc3c(c2)CCCc2c(-c4ccncc4F)noc2-3)C(=O)O1. The maximum Gasteiger partial charge on any atom is 0.414 e. The number of nitrogens with one attached hydrogen (secondary N) is 1. The van der Waals surface area contributed by atoms with E-state index in [4.69, 9.17) is 9.26 Å². The molecule has 3 aromatic rings. The van der Waals surface area contributed by atoms with Gasteiger partial charge in [0.1, 0.15) is 11.8 Å². The van der Waals surface area contributed by atoms with Crippen LogP contribution in [0.1, 0.15) is 24.5 Å². The smallest absolute Gasteiger partial charge is 0.414 e. The number of nitrogens with zero attached hydrogens (tertiary/aromatic N) is 3. The number of cyclic esters (lactones) is 1. The molecule has 0 radical (unpaired) electrons. The second kappa shape index (κ2) is 8.07. The molecular weight excluding hydrogens is 415 g/mol. The molecule has 1 aliphatic carbocycles. The first kappa shape index (κ1) is 20.2. The Morgan fingerprint density at radius 3 is 2.97 bits per heavy atom. The molecule has 2 amide bonds. The maximum atomic E-state index is 14.3. The number of carbonyl (C=O) groups is 2. The predicted octanol–water partition coefficient (Wildman–Crippen LogP) is 3.49. The Kier molecular flexibility index (Phi) is 5.08. The highest BCUT2D eigenvalue weighted by Gasteiger charge is 2.33. The van der Waals surface area contributed by atoms with Crippen molar-refractivity contribution >= 4 is 17.7 Å². The standard InChI is InChI=1S/C23H21FN4O4/c1-13(29)26-10-16-12-28(23(30)31-16)15-5-6-17-14(9-15)3-2-4-19-21(27-32-22(17)19)18-7-8-25-11-20(18)24/h5-9,11,16H,2-4,10,12H2,1H3,(H,26,29). The summed E-state index contributed by atoms with van der Waals surface area (Å²) in [5, 5.41) is 6.84. The van der Waals surface area contributed by atoms with Crippen LogP contribution in [0.5, 0.6) is 0 Å². The molecule has 1 atom stereocenters. The van der Waals surface area contributed by atoms with Crippen LogP contribution in [-0.4, -0.2) is 41.3 Å². The Balaban J connectivity index is 1.45. The molecule has 0 spiro atoms. The minimum absolute atomic E-state index is 0.168. The molecule has 2 aliphatic rings. The summed E-state index contributed by atoms with van der Waals surface area (Å²) < 4.78 is 25.3. The lowest BCUT2D eigenvalue weighted by atomic mass is 10.00. The summed E-state index contributed by atoms with van der Waals surface area (Å²) in [5.74, 6) is 0.0194. The molecule has 1 aromatic carbocycles. The van der Waals surface area contributed by atoms with Gasteiger partial charge in [-0.3, -0.25) is 14.7 Å². The second-order valence-corrected chi connectivity index (χ2v) is 7.94. The molecular formula is C23H21FN4O4. The highest BCUT2D eigenvalue weighted by Crippen LogP contribution is 2.40. The third kappa shape index (κ3) is 3.59. The van der Waals surface area contributed by atoms with Crippen molar-refractivity contribution in [3.63, 3.8) is 0 Å². The van der Waals surface area contributed by atoms with E-state index in [0.717, 1.165) is 35.2 Å². The average molecular weight is 436 g/mol. The van der Waals surface area contributed by atoms with Gasteiger partial charge in [0.05, 0.1) is 19.3 Å². The van der Waals surface area contributed by atoms with Gasteiger partial charge in [0.2, 0.25) is 5.91 Å². The summed E-state index contributed by atoms with van der Waals surface area (Å²) in [5.41, 5.74) is 4.38. The van der Waals surface area contributed by atoms with E-state index in [9.17, 15) is 14.0 Å². The largest absolute Gasteiger partial charge is 0.442 e. The molecule has 32 heavy (non-hydrogen) atoms. The number of hydrogen-bond donors (Lipinski definition) is 1. The Morgan fingerprint density at radius 2 is 2.16 bits per heavy atom. The van der Waals surface area contributed by atoms with Crippen LogP contribution in [0.3, 0.4) is 0 Å².